The maximum absolute atomic E-state index is 12.6. The minimum atomic E-state index is -0.275. The lowest BCUT2D eigenvalue weighted by Crippen LogP contribution is -2.45. The lowest BCUT2D eigenvalue weighted by Gasteiger charge is -2.21. The Morgan fingerprint density at radius 1 is 1.12 bits per heavy atom. The summed E-state index contributed by atoms with van der Waals surface area (Å²) in [6, 6.07) is 11.1. The Bertz CT molecular complexity index is 933. The molecular weight excluding hydrogens is 406 g/mol. The van der Waals surface area contributed by atoms with Gasteiger partial charge in [-0.3, -0.25) is 14.6 Å². The molecule has 4 rings (SSSR count). The highest BCUT2D eigenvalue weighted by Gasteiger charge is 2.32. The van der Waals surface area contributed by atoms with Crippen molar-refractivity contribution in [2.75, 3.05) is 25.5 Å². The van der Waals surface area contributed by atoms with E-state index < -0.39 is 0 Å². The van der Waals surface area contributed by atoms with Crippen molar-refractivity contribution in [3.63, 3.8) is 0 Å². The van der Waals surface area contributed by atoms with Crippen LogP contribution < -0.4 is 16.0 Å². The van der Waals surface area contributed by atoms with Crippen LogP contribution in [0.4, 0.5) is 5.69 Å². The van der Waals surface area contributed by atoms with Crippen LogP contribution in [0.3, 0.4) is 0 Å². The first-order chi connectivity index (χ1) is 15.6. The third-order valence-corrected chi connectivity index (χ3v) is 6.19. The highest BCUT2D eigenvalue weighted by atomic mass is 16.3. The maximum Gasteiger partial charge on any atom is 0.291 e. The number of carbonyl (C=O) groups is 2. The van der Waals surface area contributed by atoms with Crippen molar-refractivity contribution in [2.45, 2.75) is 44.7 Å². The predicted molar refractivity (Wildman–Crippen MR) is 123 cm³/mol. The second-order valence-electron chi connectivity index (χ2n) is 8.45. The number of amides is 2. The van der Waals surface area contributed by atoms with Gasteiger partial charge in [-0.15, -0.1) is 0 Å². The van der Waals surface area contributed by atoms with Crippen molar-refractivity contribution >= 4 is 23.5 Å². The molecule has 1 aromatic carbocycles. The molecule has 2 aliphatic rings. The predicted octanol–water partition coefficient (Wildman–Crippen LogP) is 2.99. The second kappa shape index (κ2) is 10.3. The van der Waals surface area contributed by atoms with Crippen LogP contribution in [0, 0.1) is 5.92 Å². The number of aliphatic imine (C=N–C) groups is 1. The maximum atomic E-state index is 12.6. The van der Waals surface area contributed by atoms with Crippen molar-refractivity contribution in [2.24, 2.45) is 10.9 Å². The minimum Gasteiger partial charge on any atom is -0.459 e. The molecule has 2 aromatic rings. The standard InChI is InChI=1S/C24H31N5O3/c1-25-24(28-20-12-13-29(16-20)23(31)18-5-2-3-6-18)26-15-17-8-10-19(11-9-17)27-22(30)21-7-4-14-32-21/h4,7-11,14,18,20H,2-3,5-6,12-13,15-16H2,1H3,(H,27,30)(H2,25,26,28). The van der Waals surface area contributed by atoms with Gasteiger partial charge in [-0.25, -0.2) is 0 Å². The molecular formula is C24H31N5O3. The lowest BCUT2D eigenvalue weighted by molar-refractivity contribution is -0.134. The number of carbonyl (C=O) groups excluding carboxylic acids is 2. The molecule has 0 spiro atoms. The molecule has 0 bridgehead atoms. The molecule has 1 unspecified atom stereocenters. The molecule has 8 nitrogen and oxygen atoms in total. The smallest absolute Gasteiger partial charge is 0.291 e. The first-order valence-electron chi connectivity index (χ1n) is 11.3. The zero-order chi connectivity index (χ0) is 22.3. The van der Waals surface area contributed by atoms with E-state index in [1.807, 2.05) is 29.2 Å². The Hall–Kier alpha value is -3.29. The third kappa shape index (κ3) is 5.49. The van der Waals surface area contributed by atoms with E-state index in [1.165, 1.54) is 19.1 Å². The zero-order valence-corrected chi connectivity index (χ0v) is 18.5. The third-order valence-electron chi connectivity index (χ3n) is 6.19. The van der Waals surface area contributed by atoms with Gasteiger partial charge in [0.1, 0.15) is 0 Å². The second-order valence-corrected chi connectivity index (χ2v) is 8.45. The Kier molecular flexibility index (Phi) is 7.09. The van der Waals surface area contributed by atoms with Gasteiger partial charge in [-0.2, -0.15) is 0 Å². The van der Waals surface area contributed by atoms with E-state index in [2.05, 4.69) is 20.9 Å². The number of benzene rings is 1. The molecule has 3 N–H and O–H groups in total. The average molecular weight is 438 g/mol. The van der Waals surface area contributed by atoms with Gasteiger partial charge in [0, 0.05) is 44.3 Å². The Balaban J connectivity index is 1.22. The van der Waals surface area contributed by atoms with Crippen LogP contribution in [-0.4, -0.2) is 48.9 Å². The van der Waals surface area contributed by atoms with Gasteiger partial charge in [0.15, 0.2) is 11.7 Å². The van der Waals surface area contributed by atoms with Crippen molar-refractivity contribution in [3.8, 4) is 0 Å². The van der Waals surface area contributed by atoms with E-state index in [1.54, 1.807) is 19.2 Å². The Morgan fingerprint density at radius 3 is 2.59 bits per heavy atom. The van der Waals surface area contributed by atoms with Crippen molar-refractivity contribution in [1.29, 1.82) is 0 Å². The van der Waals surface area contributed by atoms with Crippen molar-refractivity contribution in [1.82, 2.24) is 15.5 Å². The van der Waals surface area contributed by atoms with Gasteiger partial charge in [0.25, 0.3) is 5.91 Å². The van der Waals surface area contributed by atoms with Crippen LogP contribution in [0.25, 0.3) is 0 Å². The summed E-state index contributed by atoms with van der Waals surface area (Å²) >= 11 is 0. The molecule has 1 atom stereocenters. The zero-order valence-electron chi connectivity index (χ0n) is 18.5. The molecule has 8 heteroatoms. The van der Waals surface area contributed by atoms with E-state index in [9.17, 15) is 9.59 Å². The van der Waals surface area contributed by atoms with Gasteiger partial charge < -0.3 is 25.3 Å². The number of anilines is 1. The number of hydrogen-bond donors (Lipinski definition) is 3. The normalized spacial score (nSPS) is 19.2. The molecule has 32 heavy (non-hydrogen) atoms. The van der Waals surface area contributed by atoms with Crippen LogP contribution in [0.2, 0.25) is 0 Å². The molecule has 1 aromatic heterocycles. The highest BCUT2D eigenvalue weighted by molar-refractivity contribution is 6.02. The first-order valence-corrected chi connectivity index (χ1v) is 11.3. The highest BCUT2D eigenvalue weighted by Crippen LogP contribution is 2.27. The van der Waals surface area contributed by atoms with E-state index in [0.717, 1.165) is 43.9 Å². The summed E-state index contributed by atoms with van der Waals surface area (Å²) in [5, 5.41) is 9.58. The number of guanidine groups is 1. The van der Waals surface area contributed by atoms with Crippen molar-refractivity contribution < 1.29 is 14.0 Å². The van der Waals surface area contributed by atoms with Crippen LogP contribution in [-0.2, 0) is 11.3 Å². The number of nitrogens with zero attached hydrogens (tertiary/aromatic N) is 2. The largest absolute Gasteiger partial charge is 0.459 e. The SMILES string of the molecule is CN=C(NCc1ccc(NC(=O)c2ccco2)cc1)NC1CCN(C(=O)C2CCCC2)C1. The fourth-order valence-corrected chi connectivity index (χ4v) is 4.39. The summed E-state index contributed by atoms with van der Waals surface area (Å²) in [7, 11) is 1.75. The molecule has 0 radical (unpaired) electrons. The lowest BCUT2D eigenvalue weighted by atomic mass is 10.1. The van der Waals surface area contributed by atoms with Gasteiger partial charge in [-0.05, 0) is 49.1 Å². The summed E-state index contributed by atoms with van der Waals surface area (Å²) in [6.07, 6.45) is 6.86. The molecule has 2 heterocycles. The topological polar surface area (TPSA) is 99.0 Å². The van der Waals surface area contributed by atoms with Gasteiger partial charge in [-0.1, -0.05) is 25.0 Å². The Morgan fingerprint density at radius 2 is 1.91 bits per heavy atom. The molecule has 1 aliphatic carbocycles. The summed E-state index contributed by atoms with van der Waals surface area (Å²) in [5.74, 6) is 1.29. The fourth-order valence-electron chi connectivity index (χ4n) is 4.39. The number of rotatable bonds is 6. The molecule has 1 saturated carbocycles. The first kappa shape index (κ1) is 21.9. The molecule has 1 saturated heterocycles. The minimum absolute atomic E-state index is 0.214. The van der Waals surface area contributed by atoms with E-state index in [4.69, 9.17) is 4.42 Å². The monoisotopic (exact) mass is 437 g/mol. The van der Waals surface area contributed by atoms with Gasteiger partial charge in [0.05, 0.1) is 6.26 Å². The quantitative estimate of drug-likeness (QED) is 0.477. The van der Waals surface area contributed by atoms with E-state index in [-0.39, 0.29) is 23.6 Å². The van der Waals surface area contributed by atoms with Crippen LogP contribution in [0.15, 0.2) is 52.1 Å². The van der Waals surface area contributed by atoms with Gasteiger partial charge >= 0.3 is 0 Å². The summed E-state index contributed by atoms with van der Waals surface area (Å²) < 4.78 is 5.10. The van der Waals surface area contributed by atoms with Gasteiger partial charge in [0.2, 0.25) is 5.91 Å². The summed E-state index contributed by atoms with van der Waals surface area (Å²) in [6.45, 7) is 2.15. The molecule has 170 valence electrons. The number of nitrogens with one attached hydrogen (secondary N) is 3. The average Bonchev–Trinajstić information content (AvgIpc) is 3.59. The number of hydrogen-bond acceptors (Lipinski definition) is 4. The van der Waals surface area contributed by atoms with Crippen molar-refractivity contribution in [3.05, 3.63) is 54.0 Å². The summed E-state index contributed by atoms with van der Waals surface area (Å²) in [5.41, 5.74) is 1.77. The molecule has 2 fully saturated rings. The van der Waals surface area contributed by atoms with Crippen LogP contribution in [0.1, 0.15) is 48.2 Å². The van der Waals surface area contributed by atoms with Crippen LogP contribution in [0.5, 0.6) is 0 Å². The van der Waals surface area contributed by atoms with E-state index in [0.29, 0.717) is 18.1 Å². The fraction of sp³-hybridized carbons (Fsp3) is 0.458. The molecule has 1 aliphatic heterocycles. The number of furan rings is 1. The Labute approximate surface area is 188 Å². The molecule has 2 amide bonds. The van der Waals surface area contributed by atoms with Crippen LogP contribution >= 0.6 is 0 Å². The van der Waals surface area contributed by atoms with E-state index >= 15 is 0 Å². The summed E-state index contributed by atoms with van der Waals surface area (Å²) in [4.78, 5) is 31.0. The number of likely N-dealkylation sites (tertiary alicyclic amines) is 1.